The third-order valence-corrected chi connectivity index (χ3v) is 4.01. The molecule has 112 valence electrons. The van der Waals surface area contributed by atoms with Crippen LogP contribution in [0.5, 0.6) is 5.75 Å². The lowest BCUT2D eigenvalue weighted by molar-refractivity contribution is 0.0487. The molecule has 0 aliphatic carbocycles. The first-order valence-corrected chi connectivity index (χ1v) is 8.03. The largest absolute Gasteiger partial charge is 0.464 e. The maximum atomic E-state index is 13.9. The van der Waals surface area contributed by atoms with E-state index in [0.717, 1.165) is 6.26 Å². The van der Waals surface area contributed by atoms with E-state index >= 15 is 0 Å². The van der Waals surface area contributed by atoms with Gasteiger partial charge in [0.15, 0.2) is 28.2 Å². The number of rotatable bonds is 5. The molecule has 0 fully saturated rings. The zero-order chi connectivity index (χ0) is 15.5. The Morgan fingerprint density at radius 2 is 1.76 bits per heavy atom. The molecule has 6 heteroatoms. The molecule has 0 saturated heterocycles. The Hall–Kier alpha value is -1.92. The van der Waals surface area contributed by atoms with Crippen LogP contribution in [0.4, 0.5) is 4.39 Å². The number of halogens is 1. The minimum Gasteiger partial charge on any atom is -0.464 e. The molecule has 2 rings (SSSR count). The molecule has 2 aromatic rings. The number of sulfone groups is 1. The zero-order valence-corrected chi connectivity index (χ0v) is 12.5. The second-order valence-electron chi connectivity index (χ2n) is 4.46. The van der Waals surface area contributed by atoms with E-state index in [1.807, 2.05) is 0 Å². The van der Waals surface area contributed by atoms with E-state index in [-0.39, 0.29) is 17.4 Å². The van der Waals surface area contributed by atoms with Crippen molar-refractivity contribution in [1.82, 2.24) is 0 Å². The molecule has 0 aromatic heterocycles. The summed E-state index contributed by atoms with van der Waals surface area (Å²) in [4.78, 5) is 0.210. The molecule has 21 heavy (non-hydrogen) atoms. The van der Waals surface area contributed by atoms with Crippen LogP contribution in [0.3, 0.4) is 0 Å². The predicted octanol–water partition coefficient (Wildman–Crippen LogP) is 2.88. The van der Waals surface area contributed by atoms with E-state index < -0.39 is 15.7 Å². The lowest BCUT2D eigenvalue weighted by Gasteiger charge is -2.12. The van der Waals surface area contributed by atoms with Gasteiger partial charge in [0.2, 0.25) is 0 Å². The molecule has 0 spiro atoms. The van der Waals surface area contributed by atoms with Gasteiger partial charge >= 0.3 is 0 Å². The van der Waals surface area contributed by atoms with Gasteiger partial charge in [0, 0.05) is 18.9 Å². The smallest absolute Gasteiger partial charge is 0.188 e. The van der Waals surface area contributed by atoms with Crippen LogP contribution >= 0.6 is 0 Å². The number of benzene rings is 2. The summed E-state index contributed by atoms with van der Waals surface area (Å²) in [6.45, 7) is -0.0741. The van der Waals surface area contributed by atoms with Crippen molar-refractivity contribution >= 4 is 9.84 Å². The fourth-order valence-electron chi connectivity index (χ4n) is 1.88. The van der Waals surface area contributed by atoms with E-state index in [1.54, 1.807) is 24.3 Å². The van der Waals surface area contributed by atoms with Crippen LogP contribution in [-0.2, 0) is 14.6 Å². The summed E-state index contributed by atoms with van der Waals surface area (Å²) >= 11 is 0. The average molecular weight is 310 g/mol. The number of hydrogen-bond acceptors (Lipinski definition) is 4. The van der Waals surface area contributed by atoms with Crippen LogP contribution in [0, 0.1) is 5.82 Å². The molecule has 0 saturated carbocycles. The average Bonchev–Trinajstić information content (AvgIpc) is 2.45. The Morgan fingerprint density at radius 3 is 2.33 bits per heavy atom. The maximum absolute atomic E-state index is 13.9. The number of ether oxygens (including phenoxy) is 2. The molecule has 0 amide bonds. The maximum Gasteiger partial charge on any atom is 0.188 e. The van der Waals surface area contributed by atoms with Crippen molar-refractivity contribution in [2.75, 3.05) is 20.2 Å². The van der Waals surface area contributed by atoms with Crippen molar-refractivity contribution in [3.8, 4) is 16.9 Å². The summed E-state index contributed by atoms with van der Waals surface area (Å²) in [5, 5.41) is 0. The zero-order valence-electron chi connectivity index (χ0n) is 11.7. The summed E-state index contributed by atoms with van der Waals surface area (Å²) in [6.07, 6.45) is 1.14. The van der Waals surface area contributed by atoms with Crippen molar-refractivity contribution in [2.24, 2.45) is 0 Å². The van der Waals surface area contributed by atoms with Crippen molar-refractivity contribution in [1.29, 1.82) is 0 Å². The van der Waals surface area contributed by atoms with E-state index in [1.165, 1.54) is 25.3 Å². The third-order valence-electron chi connectivity index (χ3n) is 2.88. The van der Waals surface area contributed by atoms with Gasteiger partial charge < -0.3 is 9.47 Å². The van der Waals surface area contributed by atoms with Crippen LogP contribution in [0.15, 0.2) is 47.4 Å². The molecule has 0 radical (unpaired) electrons. The minimum absolute atomic E-state index is 0.0741. The molecule has 0 atom stereocenters. The predicted molar refractivity (Wildman–Crippen MR) is 77.4 cm³/mol. The number of hydrogen-bond donors (Lipinski definition) is 0. The molecular formula is C15H15FO4S. The molecule has 0 aliphatic heterocycles. The van der Waals surface area contributed by atoms with Gasteiger partial charge in [0.25, 0.3) is 0 Å². The molecule has 0 N–H and O–H groups in total. The van der Waals surface area contributed by atoms with Crippen molar-refractivity contribution in [2.45, 2.75) is 4.90 Å². The lowest BCUT2D eigenvalue weighted by Crippen LogP contribution is -2.02. The first-order chi connectivity index (χ1) is 9.93. The topological polar surface area (TPSA) is 52.6 Å². The highest BCUT2D eigenvalue weighted by atomic mass is 32.2. The summed E-state index contributed by atoms with van der Waals surface area (Å²) in [5.41, 5.74) is 1.19. The Kier molecular flexibility index (Phi) is 4.59. The molecule has 4 nitrogen and oxygen atoms in total. The Morgan fingerprint density at radius 1 is 1.10 bits per heavy atom. The highest BCUT2D eigenvalue weighted by Gasteiger charge is 2.13. The van der Waals surface area contributed by atoms with Crippen LogP contribution in [0.25, 0.3) is 11.1 Å². The van der Waals surface area contributed by atoms with Crippen molar-refractivity contribution < 1.29 is 22.3 Å². The summed E-state index contributed by atoms with van der Waals surface area (Å²) < 4.78 is 46.8. The molecule has 0 heterocycles. The van der Waals surface area contributed by atoms with Gasteiger partial charge in [-0.05, 0) is 23.8 Å². The van der Waals surface area contributed by atoms with Gasteiger partial charge in [-0.1, -0.05) is 24.3 Å². The van der Waals surface area contributed by atoms with Gasteiger partial charge in [-0.15, -0.1) is 0 Å². The summed E-state index contributed by atoms with van der Waals surface area (Å²) in [5.74, 6) is -0.428. The van der Waals surface area contributed by atoms with Gasteiger partial charge in [-0.3, -0.25) is 0 Å². The Bertz CT molecular complexity index is 724. The fourth-order valence-corrected chi connectivity index (χ4v) is 2.51. The molecule has 2 aromatic carbocycles. The molecular weight excluding hydrogens is 295 g/mol. The summed E-state index contributed by atoms with van der Waals surface area (Å²) in [7, 11) is -1.81. The van der Waals surface area contributed by atoms with Crippen LogP contribution < -0.4 is 4.74 Å². The Labute approximate surface area is 123 Å². The van der Waals surface area contributed by atoms with Gasteiger partial charge in [0.05, 0.1) is 4.90 Å². The first-order valence-electron chi connectivity index (χ1n) is 6.14. The molecule has 0 bridgehead atoms. The molecule has 0 aliphatic rings. The van der Waals surface area contributed by atoms with E-state index in [0.29, 0.717) is 11.1 Å². The molecule has 0 unspecified atom stereocenters. The second kappa shape index (κ2) is 6.24. The SMILES string of the molecule is COCOc1c(F)cccc1-c1ccc(S(C)(=O)=O)cc1. The summed E-state index contributed by atoms with van der Waals surface area (Å²) in [6, 6.07) is 10.7. The van der Waals surface area contributed by atoms with Crippen LogP contribution in [0.1, 0.15) is 0 Å². The lowest BCUT2D eigenvalue weighted by atomic mass is 10.0. The van der Waals surface area contributed by atoms with Crippen molar-refractivity contribution in [3.63, 3.8) is 0 Å². The third kappa shape index (κ3) is 3.59. The van der Waals surface area contributed by atoms with Gasteiger partial charge in [-0.25, -0.2) is 12.8 Å². The van der Waals surface area contributed by atoms with Gasteiger partial charge in [0.1, 0.15) is 0 Å². The van der Waals surface area contributed by atoms with E-state index in [2.05, 4.69) is 0 Å². The monoisotopic (exact) mass is 310 g/mol. The fraction of sp³-hybridized carbons (Fsp3) is 0.200. The van der Waals surface area contributed by atoms with Crippen LogP contribution in [-0.4, -0.2) is 28.6 Å². The first kappa shape index (κ1) is 15.5. The Balaban J connectivity index is 2.44. The van der Waals surface area contributed by atoms with Crippen LogP contribution in [0.2, 0.25) is 0 Å². The van der Waals surface area contributed by atoms with E-state index in [9.17, 15) is 12.8 Å². The quantitative estimate of drug-likeness (QED) is 0.797. The normalized spacial score (nSPS) is 11.4. The van der Waals surface area contributed by atoms with E-state index in [4.69, 9.17) is 9.47 Å². The number of para-hydroxylation sites is 1. The second-order valence-corrected chi connectivity index (χ2v) is 6.48. The number of methoxy groups -OCH3 is 1. The van der Waals surface area contributed by atoms with Crippen molar-refractivity contribution in [3.05, 3.63) is 48.3 Å². The highest BCUT2D eigenvalue weighted by Crippen LogP contribution is 2.32. The van der Waals surface area contributed by atoms with Gasteiger partial charge in [-0.2, -0.15) is 0 Å². The highest BCUT2D eigenvalue weighted by molar-refractivity contribution is 7.90. The standard InChI is InChI=1S/C15H15FO4S/c1-19-10-20-15-13(4-3-5-14(15)16)11-6-8-12(9-7-11)21(2,17)18/h3-9H,10H2,1-2H3. The minimum atomic E-state index is -3.26.